The van der Waals surface area contributed by atoms with E-state index < -0.39 is 11.8 Å². The minimum Gasteiger partial charge on any atom is -0.507 e. The molecule has 20 heavy (non-hydrogen) atoms. The lowest BCUT2D eigenvalue weighted by molar-refractivity contribution is 0.0844. The van der Waals surface area contributed by atoms with E-state index >= 15 is 0 Å². The Morgan fingerprint density at radius 3 is 2.55 bits per heavy atom. The van der Waals surface area contributed by atoms with E-state index in [4.69, 9.17) is 0 Å². The molecule has 0 aliphatic carbocycles. The van der Waals surface area contributed by atoms with Gasteiger partial charge in [0.25, 0.3) is 11.8 Å². The standard InChI is InChI=1S/C14H13N3O3/c1-9-4-2-6-11(12(9)18)14(20)17-16-13(19)10-5-3-7-15-8-10/h2-8,18H,1H3,(H,16,19)(H,17,20). The Kier molecular flexibility index (Phi) is 3.95. The summed E-state index contributed by atoms with van der Waals surface area (Å²) in [6, 6.07) is 7.98. The number of benzene rings is 1. The van der Waals surface area contributed by atoms with Crippen LogP contribution in [0.1, 0.15) is 26.3 Å². The number of carbonyl (C=O) groups excluding carboxylic acids is 2. The molecule has 2 rings (SSSR count). The molecule has 3 N–H and O–H groups in total. The topological polar surface area (TPSA) is 91.3 Å². The van der Waals surface area contributed by atoms with Crippen molar-refractivity contribution in [2.75, 3.05) is 0 Å². The highest BCUT2D eigenvalue weighted by Crippen LogP contribution is 2.20. The number of aromatic hydroxyl groups is 1. The van der Waals surface area contributed by atoms with E-state index in [-0.39, 0.29) is 11.3 Å². The number of amides is 2. The van der Waals surface area contributed by atoms with Crippen molar-refractivity contribution in [2.45, 2.75) is 6.92 Å². The molecule has 0 saturated heterocycles. The summed E-state index contributed by atoms with van der Waals surface area (Å²) in [4.78, 5) is 27.4. The Morgan fingerprint density at radius 2 is 1.85 bits per heavy atom. The quantitative estimate of drug-likeness (QED) is 0.715. The number of nitrogens with zero attached hydrogens (tertiary/aromatic N) is 1. The van der Waals surface area contributed by atoms with Crippen molar-refractivity contribution in [3.8, 4) is 5.75 Å². The van der Waals surface area contributed by atoms with E-state index in [0.717, 1.165) is 0 Å². The number of phenolic OH excluding ortho intramolecular Hbond substituents is 1. The molecule has 6 nitrogen and oxygen atoms in total. The maximum absolute atomic E-state index is 11.9. The summed E-state index contributed by atoms with van der Waals surface area (Å²) in [6.07, 6.45) is 2.92. The van der Waals surface area contributed by atoms with Crippen LogP contribution in [-0.2, 0) is 0 Å². The van der Waals surface area contributed by atoms with Crippen molar-refractivity contribution in [3.05, 3.63) is 59.4 Å². The minimum atomic E-state index is -0.594. The highest BCUT2D eigenvalue weighted by Gasteiger charge is 2.13. The smallest absolute Gasteiger partial charge is 0.273 e. The SMILES string of the molecule is Cc1cccc(C(=O)NNC(=O)c2cccnc2)c1O. The number of phenols is 1. The predicted molar refractivity (Wildman–Crippen MR) is 72.0 cm³/mol. The molecule has 102 valence electrons. The summed E-state index contributed by atoms with van der Waals surface area (Å²) in [7, 11) is 0. The van der Waals surface area contributed by atoms with Gasteiger partial charge in [-0.25, -0.2) is 0 Å². The maximum atomic E-state index is 11.9. The molecule has 0 radical (unpaired) electrons. The Balaban J connectivity index is 2.03. The maximum Gasteiger partial charge on any atom is 0.273 e. The average Bonchev–Trinajstić information content (AvgIpc) is 2.48. The fraction of sp³-hybridized carbons (Fsp3) is 0.0714. The lowest BCUT2D eigenvalue weighted by Crippen LogP contribution is -2.41. The second-order valence-corrected chi connectivity index (χ2v) is 4.12. The van der Waals surface area contributed by atoms with Crippen LogP contribution in [0.3, 0.4) is 0 Å². The van der Waals surface area contributed by atoms with Gasteiger partial charge in [-0.15, -0.1) is 0 Å². The molecule has 0 bridgehead atoms. The van der Waals surface area contributed by atoms with E-state index in [0.29, 0.717) is 11.1 Å². The number of nitrogens with one attached hydrogen (secondary N) is 2. The van der Waals surface area contributed by atoms with Gasteiger partial charge in [0.2, 0.25) is 0 Å². The number of para-hydroxylation sites is 1. The first-order valence-electron chi connectivity index (χ1n) is 5.89. The average molecular weight is 271 g/mol. The molecule has 0 saturated carbocycles. The number of aromatic nitrogens is 1. The van der Waals surface area contributed by atoms with Crippen LogP contribution >= 0.6 is 0 Å². The Morgan fingerprint density at radius 1 is 1.10 bits per heavy atom. The van der Waals surface area contributed by atoms with Gasteiger partial charge in [-0.05, 0) is 30.7 Å². The number of carbonyl (C=O) groups is 2. The van der Waals surface area contributed by atoms with Gasteiger partial charge in [0.05, 0.1) is 11.1 Å². The van der Waals surface area contributed by atoms with Crippen LogP contribution in [0, 0.1) is 6.92 Å². The van der Waals surface area contributed by atoms with E-state index in [1.165, 1.54) is 12.3 Å². The summed E-state index contributed by atoms with van der Waals surface area (Å²) in [5.41, 5.74) is 5.49. The molecule has 2 aromatic rings. The molecular formula is C14H13N3O3. The Labute approximate surface area is 115 Å². The lowest BCUT2D eigenvalue weighted by Gasteiger charge is -2.09. The molecule has 1 aromatic heterocycles. The lowest BCUT2D eigenvalue weighted by atomic mass is 10.1. The van der Waals surface area contributed by atoms with Crippen LogP contribution in [0.2, 0.25) is 0 Å². The van der Waals surface area contributed by atoms with E-state index in [2.05, 4.69) is 15.8 Å². The van der Waals surface area contributed by atoms with Crippen LogP contribution in [-0.4, -0.2) is 21.9 Å². The van der Waals surface area contributed by atoms with Crippen LogP contribution in [0.5, 0.6) is 5.75 Å². The van der Waals surface area contributed by atoms with Crippen LogP contribution < -0.4 is 10.9 Å². The summed E-state index contributed by atoms with van der Waals surface area (Å²) >= 11 is 0. The molecule has 2 amide bonds. The fourth-order valence-electron chi connectivity index (χ4n) is 1.59. The number of hydrazine groups is 1. The van der Waals surface area contributed by atoms with Gasteiger partial charge in [-0.3, -0.25) is 25.4 Å². The van der Waals surface area contributed by atoms with Crippen molar-refractivity contribution >= 4 is 11.8 Å². The summed E-state index contributed by atoms with van der Waals surface area (Å²) in [5.74, 6) is -1.19. The van der Waals surface area contributed by atoms with Crippen molar-refractivity contribution in [1.29, 1.82) is 0 Å². The first kappa shape index (κ1) is 13.5. The van der Waals surface area contributed by atoms with Gasteiger partial charge in [0, 0.05) is 12.4 Å². The zero-order valence-electron chi connectivity index (χ0n) is 10.8. The van der Waals surface area contributed by atoms with Gasteiger partial charge in [-0.1, -0.05) is 12.1 Å². The van der Waals surface area contributed by atoms with Crippen molar-refractivity contribution in [3.63, 3.8) is 0 Å². The molecule has 0 atom stereocenters. The monoisotopic (exact) mass is 271 g/mol. The third kappa shape index (κ3) is 2.92. The highest BCUT2D eigenvalue weighted by molar-refractivity contribution is 6.00. The van der Waals surface area contributed by atoms with E-state index in [1.807, 2.05) is 0 Å². The normalized spacial score (nSPS) is 9.85. The van der Waals surface area contributed by atoms with Gasteiger partial charge in [-0.2, -0.15) is 0 Å². The molecule has 0 spiro atoms. The molecule has 0 unspecified atom stereocenters. The molecule has 6 heteroatoms. The van der Waals surface area contributed by atoms with Gasteiger partial charge in [0.15, 0.2) is 0 Å². The summed E-state index contributed by atoms with van der Waals surface area (Å²) < 4.78 is 0. The minimum absolute atomic E-state index is 0.0940. The van der Waals surface area contributed by atoms with Crippen molar-refractivity contribution in [1.82, 2.24) is 15.8 Å². The number of pyridine rings is 1. The number of rotatable bonds is 2. The van der Waals surface area contributed by atoms with Crippen LogP contribution in [0.15, 0.2) is 42.7 Å². The number of aryl methyl sites for hydroxylation is 1. The second-order valence-electron chi connectivity index (χ2n) is 4.12. The third-order valence-electron chi connectivity index (χ3n) is 2.70. The second kappa shape index (κ2) is 5.83. The molecule has 1 heterocycles. The Bertz CT molecular complexity index is 641. The van der Waals surface area contributed by atoms with Crippen LogP contribution in [0.25, 0.3) is 0 Å². The first-order chi connectivity index (χ1) is 9.59. The van der Waals surface area contributed by atoms with Gasteiger partial charge < -0.3 is 5.11 Å². The van der Waals surface area contributed by atoms with Gasteiger partial charge in [0.1, 0.15) is 5.75 Å². The third-order valence-corrected chi connectivity index (χ3v) is 2.70. The number of hydrogen-bond acceptors (Lipinski definition) is 4. The zero-order chi connectivity index (χ0) is 14.5. The predicted octanol–water partition coefficient (Wildman–Crippen LogP) is 1.17. The van der Waals surface area contributed by atoms with E-state index in [1.54, 1.807) is 37.4 Å². The van der Waals surface area contributed by atoms with Crippen LogP contribution in [0.4, 0.5) is 0 Å². The summed E-state index contributed by atoms with van der Waals surface area (Å²) in [6.45, 7) is 1.68. The first-order valence-corrected chi connectivity index (χ1v) is 5.89. The fourth-order valence-corrected chi connectivity index (χ4v) is 1.59. The van der Waals surface area contributed by atoms with E-state index in [9.17, 15) is 14.7 Å². The molecule has 0 fully saturated rings. The van der Waals surface area contributed by atoms with Crippen molar-refractivity contribution < 1.29 is 14.7 Å². The largest absolute Gasteiger partial charge is 0.507 e. The zero-order valence-corrected chi connectivity index (χ0v) is 10.8. The number of hydrogen-bond donors (Lipinski definition) is 3. The van der Waals surface area contributed by atoms with Gasteiger partial charge >= 0.3 is 0 Å². The van der Waals surface area contributed by atoms with Crippen molar-refractivity contribution in [2.24, 2.45) is 0 Å². The molecule has 0 aliphatic rings. The molecule has 0 aliphatic heterocycles. The Hall–Kier alpha value is -2.89. The molecular weight excluding hydrogens is 258 g/mol. The summed E-state index contributed by atoms with van der Waals surface area (Å²) in [5, 5.41) is 9.77. The molecule has 1 aromatic carbocycles. The highest BCUT2D eigenvalue weighted by atomic mass is 16.3.